The number of aromatic nitrogens is 1. The molecule has 0 saturated carbocycles. The second-order valence-corrected chi connectivity index (χ2v) is 4.07. The number of carboxylic acid groups (broad SMARTS) is 1. The van der Waals surface area contributed by atoms with E-state index in [4.69, 9.17) is 5.11 Å². The summed E-state index contributed by atoms with van der Waals surface area (Å²) in [4.78, 5) is 26.5. The summed E-state index contributed by atoms with van der Waals surface area (Å²) in [5, 5.41) is 20.9. The molecule has 1 aromatic heterocycles. The highest BCUT2D eigenvalue weighted by Crippen LogP contribution is 2.15. The Hall–Kier alpha value is -2.11. The monoisotopic (exact) mass is 252 g/mol. The van der Waals surface area contributed by atoms with E-state index in [1.807, 2.05) is 6.92 Å². The largest absolute Gasteiger partial charge is 0.505 e. The van der Waals surface area contributed by atoms with Gasteiger partial charge >= 0.3 is 5.97 Å². The number of hydrogen-bond donors (Lipinski definition) is 3. The van der Waals surface area contributed by atoms with E-state index in [0.29, 0.717) is 6.42 Å². The highest BCUT2D eigenvalue weighted by molar-refractivity contribution is 5.98. The van der Waals surface area contributed by atoms with Gasteiger partial charge in [-0.1, -0.05) is 20.3 Å². The molecular weight excluding hydrogens is 236 g/mol. The number of rotatable bonds is 5. The molecule has 0 bridgehead atoms. The number of carboxylic acids is 1. The number of carbonyl (C=O) groups is 2. The smallest absolute Gasteiger partial charge is 0.326 e. The normalized spacial score (nSPS) is 13.7. The van der Waals surface area contributed by atoms with Crippen LogP contribution in [0.1, 0.15) is 30.6 Å². The Kier molecular flexibility index (Phi) is 4.65. The molecule has 18 heavy (non-hydrogen) atoms. The molecule has 0 aliphatic carbocycles. The Bertz CT molecular complexity index is 447. The molecule has 3 N–H and O–H groups in total. The van der Waals surface area contributed by atoms with Gasteiger partial charge in [-0.15, -0.1) is 0 Å². The fourth-order valence-electron chi connectivity index (χ4n) is 1.48. The standard InChI is InChI=1S/C12H16N2O4/c1-3-7(2)10(12(17)18)14-11(16)8-4-5-13-6-9(8)15/h4-7,10,15H,3H2,1-2H3,(H,14,16)(H,17,18)/t7-,10-/m0/s1. The lowest BCUT2D eigenvalue weighted by molar-refractivity contribution is -0.140. The lowest BCUT2D eigenvalue weighted by Crippen LogP contribution is -2.45. The molecule has 2 atom stereocenters. The zero-order valence-corrected chi connectivity index (χ0v) is 10.3. The van der Waals surface area contributed by atoms with E-state index in [0.717, 1.165) is 6.20 Å². The maximum Gasteiger partial charge on any atom is 0.326 e. The summed E-state index contributed by atoms with van der Waals surface area (Å²) in [6.45, 7) is 3.59. The van der Waals surface area contributed by atoms with E-state index in [2.05, 4.69) is 10.3 Å². The van der Waals surface area contributed by atoms with Gasteiger partial charge in [-0.25, -0.2) is 4.79 Å². The minimum Gasteiger partial charge on any atom is -0.505 e. The molecule has 0 radical (unpaired) electrons. The zero-order valence-electron chi connectivity index (χ0n) is 10.3. The summed E-state index contributed by atoms with van der Waals surface area (Å²) < 4.78 is 0. The van der Waals surface area contributed by atoms with Crippen molar-refractivity contribution < 1.29 is 19.8 Å². The van der Waals surface area contributed by atoms with Crippen LogP contribution in [-0.4, -0.2) is 33.1 Å². The van der Waals surface area contributed by atoms with Crippen LogP contribution in [0.5, 0.6) is 5.75 Å². The number of amides is 1. The van der Waals surface area contributed by atoms with Crippen LogP contribution in [-0.2, 0) is 4.79 Å². The third-order valence-electron chi connectivity index (χ3n) is 2.81. The van der Waals surface area contributed by atoms with Crippen LogP contribution >= 0.6 is 0 Å². The van der Waals surface area contributed by atoms with E-state index >= 15 is 0 Å². The topological polar surface area (TPSA) is 99.5 Å². The van der Waals surface area contributed by atoms with Crippen LogP contribution in [0, 0.1) is 5.92 Å². The molecule has 1 aromatic rings. The van der Waals surface area contributed by atoms with Gasteiger partial charge < -0.3 is 15.5 Å². The summed E-state index contributed by atoms with van der Waals surface area (Å²) in [5.74, 6) is -2.19. The summed E-state index contributed by atoms with van der Waals surface area (Å²) >= 11 is 0. The number of nitrogens with zero attached hydrogens (tertiary/aromatic N) is 1. The molecule has 0 aromatic carbocycles. The molecule has 6 heteroatoms. The molecular formula is C12H16N2O4. The Morgan fingerprint density at radius 3 is 2.67 bits per heavy atom. The van der Waals surface area contributed by atoms with E-state index in [1.54, 1.807) is 6.92 Å². The SMILES string of the molecule is CC[C@H](C)[C@H](NC(=O)c1ccncc1O)C(=O)O. The van der Waals surface area contributed by atoms with Crippen LogP contribution in [0.2, 0.25) is 0 Å². The van der Waals surface area contributed by atoms with Crippen molar-refractivity contribution in [1.29, 1.82) is 0 Å². The highest BCUT2D eigenvalue weighted by atomic mass is 16.4. The molecule has 0 spiro atoms. The number of pyridine rings is 1. The first-order valence-electron chi connectivity index (χ1n) is 5.64. The Balaban J connectivity index is 2.86. The van der Waals surface area contributed by atoms with E-state index in [1.165, 1.54) is 12.3 Å². The first-order valence-corrected chi connectivity index (χ1v) is 5.64. The quantitative estimate of drug-likeness (QED) is 0.726. The average molecular weight is 252 g/mol. The van der Waals surface area contributed by atoms with Gasteiger partial charge in [0, 0.05) is 6.20 Å². The predicted molar refractivity (Wildman–Crippen MR) is 64.2 cm³/mol. The number of hydrogen-bond acceptors (Lipinski definition) is 4. The van der Waals surface area contributed by atoms with Crippen LogP contribution < -0.4 is 5.32 Å². The molecule has 98 valence electrons. The lowest BCUT2D eigenvalue weighted by Gasteiger charge is -2.20. The first kappa shape index (κ1) is 14.0. The lowest BCUT2D eigenvalue weighted by atomic mass is 9.99. The Morgan fingerprint density at radius 2 is 2.17 bits per heavy atom. The van der Waals surface area contributed by atoms with Gasteiger partial charge in [-0.3, -0.25) is 9.78 Å². The number of aromatic hydroxyl groups is 1. The van der Waals surface area contributed by atoms with E-state index in [9.17, 15) is 14.7 Å². The molecule has 6 nitrogen and oxygen atoms in total. The molecule has 0 aliphatic heterocycles. The van der Waals surface area contributed by atoms with Crippen molar-refractivity contribution in [2.24, 2.45) is 5.92 Å². The summed E-state index contributed by atoms with van der Waals surface area (Å²) in [6, 6.07) is 0.357. The molecule has 1 amide bonds. The van der Waals surface area contributed by atoms with Gasteiger partial charge in [0.2, 0.25) is 0 Å². The number of carbonyl (C=O) groups excluding carboxylic acids is 1. The van der Waals surface area contributed by atoms with Gasteiger partial charge in [0.25, 0.3) is 5.91 Å². The van der Waals surface area contributed by atoms with Crippen molar-refractivity contribution in [3.63, 3.8) is 0 Å². The second-order valence-electron chi connectivity index (χ2n) is 4.07. The third-order valence-corrected chi connectivity index (χ3v) is 2.81. The van der Waals surface area contributed by atoms with Gasteiger partial charge in [0.05, 0.1) is 11.8 Å². The van der Waals surface area contributed by atoms with Crippen LogP contribution in [0.15, 0.2) is 18.5 Å². The fraction of sp³-hybridized carbons (Fsp3) is 0.417. The average Bonchev–Trinajstić information content (AvgIpc) is 2.35. The molecule has 0 fully saturated rings. The number of aliphatic carboxylic acids is 1. The Morgan fingerprint density at radius 1 is 1.50 bits per heavy atom. The fourth-order valence-corrected chi connectivity index (χ4v) is 1.48. The second kappa shape index (κ2) is 6.00. The third kappa shape index (κ3) is 3.19. The summed E-state index contributed by atoms with van der Waals surface area (Å²) in [5.41, 5.74) is 0.0135. The van der Waals surface area contributed by atoms with Crippen LogP contribution in [0.3, 0.4) is 0 Å². The summed E-state index contributed by atoms with van der Waals surface area (Å²) in [7, 11) is 0. The number of nitrogens with one attached hydrogen (secondary N) is 1. The van der Waals surface area contributed by atoms with Gasteiger partial charge in [0.15, 0.2) is 0 Å². The van der Waals surface area contributed by atoms with Crippen molar-refractivity contribution in [2.45, 2.75) is 26.3 Å². The van der Waals surface area contributed by atoms with Gasteiger partial charge in [-0.2, -0.15) is 0 Å². The van der Waals surface area contributed by atoms with E-state index in [-0.39, 0.29) is 17.2 Å². The van der Waals surface area contributed by atoms with Gasteiger partial charge in [0.1, 0.15) is 11.8 Å². The molecule has 0 saturated heterocycles. The minimum atomic E-state index is -1.09. The maximum atomic E-state index is 11.8. The van der Waals surface area contributed by atoms with Crippen molar-refractivity contribution >= 4 is 11.9 Å². The summed E-state index contributed by atoms with van der Waals surface area (Å²) in [6.07, 6.45) is 3.11. The van der Waals surface area contributed by atoms with Crippen molar-refractivity contribution in [3.05, 3.63) is 24.0 Å². The molecule has 1 heterocycles. The van der Waals surface area contributed by atoms with E-state index < -0.39 is 17.9 Å². The molecule has 0 unspecified atom stereocenters. The maximum absolute atomic E-state index is 11.8. The van der Waals surface area contributed by atoms with Crippen molar-refractivity contribution in [1.82, 2.24) is 10.3 Å². The predicted octanol–water partition coefficient (Wildman–Crippen LogP) is 1.02. The molecule has 1 rings (SSSR count). The highest BCUT2D eigenvalue weighted by Gasteiger charge is 2.26. The first-order chi connectivity index (χ1) is 8.47. The van der Waals surface area contributed by atoms with Gasteiger partial charge in [-0.05, 0) is 12.0 Å². The zero-order chi connectivity index (χ0) is 13.7. The minimum absolute atomic E-state index is 0.0135. The van der Waals surface area contributed by atoms with Crippen molar-refractivity contribution in [2.75, 3.05) is 0 Å². The van der Waals surface area contributed by atoms with Crippen molar-refractivity contribution in [3.8, 4) is 5.75 Å². The molecule has 0 aliphatic rings. The van der Waals surface area contributed by atoms with Crippen LogP contribution in [0.25, 0.3) is 0 Å². The van der Waals surface area contributed by atoms with Crippen LogP contribution in [0.4, 0.5) is 0 Å². The Labute approximate surface area is 105 Å².